The molecule has 1 saturated heterocycles. The summed E-state index contributed by atoms with van der Waals surface area (Å²) >= 11 is 0. The lowest BCUT2D eigenvalue weighted by Crippen LogP contribution is -2.22. The van der Waals surface area contributed by atoms with Gasteiger partial charge in [-0.3, -0.25) is 4.90 Å². The van der Waals surface area contributed by atoms with Gasteiger partial charge in [0.1, 0.15) is 11.5 Å². The van der Waals surface area contributed by atoms with Crippen LogP contribution in [0, 0.1) is 0 Å². The molecule has 2 aliphatic heterocycles. The Bertz CT molecular complexity index is 744. The number of phenolic OH excluding ortho intramolecular Hbond substituents is 1. The number of hydrogen-bond acceptors (Lipinski definition) is 5. The summed E-state index contributed by atoms with van der Waals surface area (Å²) in [6.07, 6.45) is 2.28. The van der Waals surface area contributed by atoms with Crippen molar-refractivity contribution in [3.05, 3.63) is 47.5 Å². The zero-order chi connectivity index (χ0) is 17.2. The van der Waals surface area contributed by atoms with E-state index in [1.807, 2.05) is 25.1 Å². The van der Waals surface area contributed by atoms with Gasteiger partial charge in [-0.2, -0.15) is 0 Å². The molecule has 0 aromatic heterocycles. The minimum Gasteiger partial charge on any atom is -0.507 e. The second kappa shape index (κ2) is 6.84. The van der Waals surface area contributed by atoms with Crippen LogP contribution in [0.15, 0.2) is 36.4 Å². The number of nitrogens with zero attached hydrogens (tertiary/aromatic N) is 1. The highest BCUT2D eigenvalue weighted by Crippen LogP contribution is 2.40. The number of fused-ring (bicyclic) bond motifs is 1. The maximum atomic E-state index is 10.3. The van der Waals surface area contributed by atoms with Crippen molar-refractivity contribution >= 4 is 0 Å². The lowest BCUT2D eigenvalue weighted by molar-refractivity contribution is 0.173. The Morgan fingerprint density at radius 3 is 2.68 bits per heavy atom. The molecule has 5 nitrogen and oxygen atoms in total. The Balaban J connectivity index is 1.52. The minimum atomic E-state index is 0.219. The fourth-order valence-electron chi connectivity index (χ4n) is 3.66. The van der Waals surface area contributed by atoms with Crippen molar-refractivity contribution in [2.75, 3.05) is 19.9 Å². The smallest absolute Gasteiger partial charge is 0.231 e. The number of aromatic hydroxyl groups is 1. The zero-order valence-electron chi connectivity index (χ0n) is 14.4. The van der Waals surface area contributed by atoms with Crippen LogP contribution in [0.4, 0.5) is 0 Å². The number of likely N-dealkylation sites (tertiary alicyclic amines) is 1. The van der Waals surface area contributed by atoms with Gasteiger partial charge in [0, 0.05) is 24.2 Å². The Labute approximate surface area is 147 Å². The van der Waals surface area contributed by atoms with Gasteiger partial charge < -0.3 is 19.3 Å². The first-order valence-corrected chi connectivity index (χ1v) is 8.83. The van der Waals surface area contributed by atoms with Crippen molar-refractivity contribution in [3.63, 3.8) is 0 Å². The molecule has 5 heteroatoms. The molecule has 0 spiro atoms. The quantitative estimate of drug-likeness (QED) is 0.895. The van der Waals surface area contributed by atoms with Gasteiger partial charge in [0.05, 0.1) is 6.61 Å². The lowest BCUT2D eigenvalue weighted by atomic mass is 10.0. The molecule has 0 saturated carbocycles. The van der Waals surface area contributed by atoms with Gasteiger partial charge >= 0.3 is 0 Å². The standard InChI is InChI=1S/C20H23NO4/c1-2-23-16-7-5-14(6-8-16)17-4-3-9-21(17)12-15-10-19-20(11-18(15)22)25-13-24-19/h5-8,10-11,17,22H,2-4,9,12-13H2,1H3/t17-/m0/s1. The third-order valence-electron chi connectivity index (χ3n) is 4.89. The van der Waals surface area contributed by atoms with Crippen LogP contribution in [-0.4, -0.2) is 30.0 Å². The van der Waals surface area contributed by atoms with Crippen LogP contribution >= 0.6 is 0 Å². The molecular formula is C20H23NO4. The zero-order valence-corrected chi connectivity index (χ0v) is 14.4. The minimum absolute atomic E-state index is 0.219. The summed E-state index contributed by atoms with van der Waals surface area (Å²) < 4.78 is 16.3. The van der Waals surface area contributed by atoms with E-state index in [4.69, 9.17) is 14.2 Å². The molecule has 1 fully saturated rings. The molecule has 2 aliphatic rings. The summed E-state index contributed by atoms with van der Waals surface area (Å²) in [6.45, 7) is 4.60. The normalized spacial score (nSPS) is 19.3. The topological polar surface area (TPSA) is 51.2 Å². The third kappa shape index (κ3) is 3.24. The van der Waals surface area contributed by atoms with Gasteiger partial charge in [-0.1, -0.05) is 12.1 Å². The summed E-state index contributed by atoms with van der Waals surface area (Å²) in [7, 11) is 0. The van der Waals surface area contributed by atoms with Gasteiger partial charge in [-0.25, -0.2) is 0 Å². The summed E-state index contributed by atoms with van der Waals surface area (Å²) in [6, 6.07) is 12.3. The number of hydrogen-bond donors (Lipinski definition) is 1. The molecule has 0 aliphatic carbocycles. The average Bonchev–Trinajstić information content (AvgIpc) is 3.25. The monoisotopic (exact) mass is 341 g/mol. The maximum absolute atomic E-state index is 10.3. The van der Waals surface area contributed by atoms with Crippen LogP contribution in [0.5, 0.6) is 23.0 Å². The van der Waals surface area contributed by atoms with Crippen LogP contribution in [0.1, 0.15) is 36.9 Å². The molecule has 2 aromatic rings. The highest BCUT2D eigenvalue weighted by Gasteiger charge is 2.27. The van der Waals surface area contributed by atoms with Crippen LogP contribution in [-0.2, 0) is 6.54 Å². The summed E-state index contributed by atoms with van der Waals surface area (Å²) in [5.41, 5.74) is 2.17. The summed E-state index contributed by atoms with van der Waals surface area (Å²) in [5.74, 6) is 2.50. The SMILES string of the molecule is CCOc1ccc([C@@H]2CCCN2Cc2cc3c(cc2O)OCO3)cc1. The van der Waals surface area contributed by atoms with Crippen LogP contribution in [0.3, 0.4) is 0 Å². The largest absolute Gasteiger partial charge is 0.507 e. The molecule has 4 rings (SSSR count). The van der Waals surface area contributed by atoms with E-state index in [1.165, 1.54) is 5.56 Å². The molecule has 0 unspecified atom stereocenters. The molecular weight excluding hydrogens is 318 g/mol. The van der Waals surface area contributed by atoms with Gasteiger partial charge in [-0.05, 0) is 50.1 Å². The predicted molar refractivity (Wildman–Crippen MR) is 94.2 cm³/mol. The van der Waals surface area contributed by atoms with Crippen LogP contribution in [0.25, 0.3) is 0 Å². The Kier molecular flexibility index (Phi) is 4.40. The maximum Gasteiger partial charge on any atom is 0.231 e. The highest BCUT2D eigenvalue weighted by molar-refractivity contribution is 5.51. The van der Waals surface area contributed by atoms with Gasteiger partial charge in [-0.15, -0.1) is 0 Å². The molecule has 1 atom stereocenters. The second-order valence-corrected chi connectivity index (χ2v) is 6.46. The van der Waals surface area contributed by atoms with E-state index in [2.05, 4.69) is 17.0 Å². The molecule has 0 bridgehead atoms. The van der Waals surface area contributed by atoms with Gasteiger partial charge in [0.2, 0.25) is 6.79 Å². The molecule has 25 heavy (non-hydrogen) atoms. The van der Waals surface area contributed by atoms with Crippen molar-refractivity contribution in [1.29, 1.82) is 0 Å². The summed E-state index contributed by atoms with van der Waals surface area (Å²) in [5, 5.41) is 10.3. The second-order valence-electron chi connectivity index (χ2n) is 6.46. The lowest BCUT2D eigenvalue weighted by Gasteiger charge is -2.25. The van der Waals surface area contributed by atoms with Crippen molar-refractivity contribution < 1.29 is 19.3 Å². The molecule has 1 N–H and O–H groups in total. The van der Waals surface area contributed by atoms with Gasteiger partial charge in [0.25, 0.3) is 0 Å². The first kappa shape index (κ1) is 16.1. The van der Waals surface area contributed by atoms with Crippen molar-refractivity contribution in [2.24, 2.45) is 0 Å². The first-order valence-electron chi connectivity index (χ1n) is 8.83. The van der Waals surface area contributed by atoms with E-state index in [9.17, 15) is 5.11 Å². The van der Waals surface area contributed by atoms with Crippen molar-refractivity contribution in [2.45, 2.75) is 32.4 Å². The van der Waals surface area contributed by atoms with E-state index in [-0.39, 0.29) is 12.5 Å². The Hall–Kier alpha value is -2.40. The fourth-order valence-corrected chi connectivity index (χ4v) is 3.66. The van der Waals surface area contributed by atoms with Crippen molar-refractivity contribution in [1.82, 2.24) is 4.90 Å². The van der Waals surface area contributed by atoms with Crippen molar-refractivity contribution in [3.8, 4) is 23.0 Å². The molecule has 0 amide bonds. The summed E-state index contributed by atoms with van der Waals surface area (Å²) in [4.78, 5) is 2.41. The first-order chi connectivity index (χ1) is 12.2. The van der Waals surface area contributed by atoms with E-state index in [0.717, 1.165) is 30.7 Å². The molecule has 132 valence electrons. The number of rotatable bonds is 5. The molecule has 2 aromatic carbocycles. The van der Waals surface area contributed by atoms with Gasteiger partial charge in [0.15, 0.2) is 11.5 Å². The van der Waals surface area contributed by atoms with E-state index in [1.54, 1.807) is 6.07 Å². The van der Waals surface area contributed by atoms with Crippen LogP contribution in [0.2, 0.25) is 0 Å². The molecule has 2 heterocycles. The molecule has 0 radical (unpaired) electrons. The van der Waals surface area contributed by atoms with Crippen LogP contribution < -0.4 is 14.2 Å². The fraction of sp³-hybridized carbons (Fsp3) is 0.400. The highest BCUT2D eigenvalue weighted by atomic mass is 16.7. The number of ether oxygens (including phenoxy) is 3. The Morgan fingerprint density at radius 1 is 1.16 bits per heavy atom. The number of benzene rings is 2. The van der Waals surface area contributed by atoms with E-state index < -0.39 is 0 Å². The Morgan fingerprint density at radius 2 is 1.92 bits per heavy atom. The third-order valence-corrected chi connectivity index (χ3v) is 4.89. The number of phenols is 1. The van der Waals surface area contributed by atoms with E-state index in [0.29, 0.717) is 30.7 Å². The predicted octanol–water partition coefficient (Wildman–Crippen LogP) is 3.86. The average molecular weight is 341 g/mol. The van der Waals surface area contributed by atoms with E-state index >= 15 is 0 Å².